The zero-order valence-electron chi connectivity index (χ0n) is 11.4. The van der Waals surface area contributed by atoms with Crippen molar-refractivity contribution in [2.75, 3.05) is 6.54 Å². The fraction of sp³-hybridized carbons (Fsp3) is 0.250. The number of benzene rings is 2. The van der Waals surface area contributed by atoms with Gasteiger partial charge in [-0.3, -0.25) is 0 Å². The van der Waals surface area contributed by atoms with Gasteiger partial charge in [-0.05, 0) is 54.4 Å². The van der Waals surface area contributed by atoms with Crippen LogP contribution >= 0.6 is 31.9 Å². The number of hydrogen-bond acceptors (Lipinski definition) is 1. The van der Waals surface area contributed by atoms with Crippen molar-refractivity contribution in [1.82, 2.24) is 5.32 Å². The Kier molecular flexibility index (Phi) is 5.35. The first-order chi connectivity index (χ1) is 9.51. The maximum atomic E-state index is 13.8. The van der Waals surface area contributed by atoms with Gasteiger partial charge in [-0.1, -0.05) is 50.9 Å². The average Bonchev–Trinajstić information content (AvgIpc) is 2.38. The van der Waals surface area contributed by atoms with Gasteiger partial charge in [0, 0.05) is 8.95 Å². The molecule has 1 nitrogen and oxygen atoms in total. The molecule has 0 heterocycles. The van der Waals surface area contributed by atoms with Crippen LogP contribution in [0.2, 0.25) is 0 Å². The lowest BCUT2D eigenvalue weighted by Crippen LogP contribution is -2.22. The summed E-state index contributed by atoms with van der Waals surface area (Å²) in [6, 6.07) is 11.5. The number of rotatable bonds is 4. The van der Waals surface area contributed by atoms with Crippen molar-refractivity contribution in [2.45, 2.75) is 19.9 Å². The average molecular weight is 401 g/mol. The summed E-state index contributed by atoms with van der Waals surface area (Å²) in [6.07, 6.45) is 0. The van der Waals surface area contributed by atoms with Crippen LogP contribution in [0.25, 0.3) is 0 Å². The van der Waals surface area contributed by atoms with Gasteiger partial charge in [-0.2, -0.15) is 0 Å². The van der Waals surface area contributed by atoms with Crippen molar-refractivity contribution in [3.05, 3.63) is 67.9 Å². The molecule has 1 N–H and O–H groups in total. The standard InChI is InChI=1S/C16H16Br2FN/c1-3-20-16(11-5-4-10(2)15(19)8-11)12-6-13(17)9-14(18)7-12/h4-9,16,20H,3H2,1-2H3. The van der Waals surface area contributed by atoms with Crippen LogP contribution in [0, 0.1) is 12.7 Å². The molecule has 2 aromatic rings. The Morgan fingerprint density at radius 3 is 2.25 bits per heavy atom. The molecule has 0 aliphatic carbocycles. The molecule has 0 aromatic heterocycles. The van der Waals surface area contributed by atoms with E-state index in [0.29, 0.717) is 5.56 Å². The van der Waals surface area contributed by atoms with Crippen LogP contribution in [0.5, 0.6) is 0 Å². The number of aryl methyl sites for hydroxylation is 1. The SMILES string of the molecule is CCNC(c1cc(Br)cc(Br)c1)c1ccc(C)c(F)c1. The van der Waals surface area contributed by atoms with Gasteiger partial charge >= 0.3 is 0 Å². The van der Waals surface area contributed by atoms with E-state index in [1.165, 1.54) is 0 Å². The molecule has 4 heteroatoms. The van der Waals surface area contributed by atoms with Crippen LogP contribution in [0.4, 0.5) is 4.39 Å². The summed E-state index contributed by atoms with van der Waals surface area (Å²) in [4.78, 5) is 0. The van der Waals surface area contributed by atoms with E-state index < -0.39 is 0 Å². The predicted octanol–water partition coefficient (Wildman–Crippen LogP) is 5.36. The van der Waals surface area contributed by atoms with Gasteiger partial charge in [0.1, 0.15) is 5.82 Å². The molecule has 20 heavy (non-hydrogen) atoms. The molecule has 0 spiro atoms. The second kappa shape index (κ2) is 6.83. The Labute approximate surface area is 135 Å². The lowest BCUT2D eigenvalue weighted by atomic mass is 9.97. The quantitative estimate of drug-likeness (QED) is 0.728. The van der Waals surface area contributed by atoms with Crippen LogP contribution < -0.4 is 5.32 Å². The first kappa shape index (κ1) is 15.7. The van der Waals surface area contributed by atoms with E-state index in [-0.39, 0.29) is 11.9 Å². The normalized spacial score (nSPS) is 12.4. The largest absolute Gasteiger partial charge is 0.307 e. The highest BCUT2D eigenvalue weighted by atomic mass is 79.9. The predicted molar refractivity (Wildman–Crippen MR) is 88.5 cm³/mol. The van der Waals surface area contributed by atoms with E-state index >= 15 is 0 Å². The molecule has 1 unspecified atom stereocenters. The Hall–Kier alpha value is -0.710. The summed E-state index contributed by atoms with van der Waals surface area (Å²) in [6.45, 7) is 4.63. The van der Waals surface area contributed by atoms with E-state index in [1.807, 2.05) is 25.1 Å². The zero-order valence-corrected chi connectivity index (χ0v) is 14.6. The second-order valence-electron chi connectivity index (χ2n) is 4.70. The first-order valence-corrected chi connectivity index (χ1v) is 8.05. The number of hydrogen-bond donors (Lipinski definition) is 1. The molecule has 0 saturated carbocycles. The third kappa shape index (κ3) is 3.68. The van der Waals surface area contributed by atoms with Crippen molar-refractivity contribution < 1.29 is 4.39 Å². The van der Waals surface area contributed by atoms with Gasteiger partial charge in [0.2, 0.25) is 0 Å². The Morgan fingerprint density at radius 1 is 1.05 bits per heavy atom. The van der Waals surface area contributed by atoms with Crippen LogP contribution in [0.3, 0.4) is 0 Å². The second-order valence-corrected chi connectivity index (χ2v) is 6.53. The van der Waals surface area contributed by atoms with E-state index in [4.69, 9.17) is 0 Å². The first-order valence-electron chi connectivity index (χ1n) is 6.46. The topological polar surface area (TPSA) is 12.0 Å². The fourth-order valence-corrected chi connectivity index (χ4v) is 3.49. The minimum absolute atomic E-state index is 0.0242. The molecule has 0 fully saturated rings. The molecule has 0 aliphatic rings. The highest BCUT2D eigenvalue weighted by molar-refractivity contribution is 9.11. The van der Waals surface area contributed by atoms with E-state index in [0.717, 1.165) is 26.6 Å². The van der Waals surface area contributed by atoms with Gasteiger partial charge in [0.25, 0.3) is 0 Å². The smallest absolute Gasteiger partial charge is 0.126 e. The van der Waals surface area contributed by atoms with Gasteiger partial charge in [-0.25, -0.2) is 4.39 Å². The maximum Gasteiger partial charge on any atom is 0.126 e. The summed E-state index contributed by atoms with van der Waals surface area (Å²) in [5.74, 6) is -0.167. The third-order valence-corrected chi connectivity index (χ3v) is 4.07. The Bertz CT molecular complexity index is 593. The summed E-state index contributed by atoms with van der Waals surface area (Å²) < 4.78 is 15.8. The monoisotopic (exact) mass is 399 g/mol. The van der Waals surface area contributed by atoms with Crippen molar-refractivity contribution in [3.8, 4) is 0 Å². The highest BCUT2D eigenvalue weighted by Crippen LogP contribution is 2.29. The maximum absolute atomic E-state index is 13.8. The van der Waals surface area contributed by atoms with Crippen LogP contribution in [0.15, 0.2) is 45.3 Å². The van der Waals surface area contributed by atoms with Gasteiger partial charge in [0.05, 0.1) is 6.04 Å². The molecule has 106 valence electrons. The van der Waals surface area contributed by atoms with Gasteiger partial charge in [-0.15, -0.1) is 0 Å². The lowest BCUT2D eigenvalue weighted by molar-refractivity contribution is 0.597. The van der Waals surface area contributed by atoms with Crippen LogP contribution in [-0.4, -0.2) is 6.54 Å². The third-order valence-electron chi connectivity index (χ3n) is 3.16. The van der Waals surface area contributed by atoms with Crippen molar-refractivity contribution in [1.29, 1.82) is 0 Å². The van der Waals surface area contributed by atoms with Crippen molar-refractivity contribution >= 4 is 31.9 Å². The molecule has 0 aliphatic heterocycles. The summed E-state index contributed by atoms with van der Waals surface area (Å²) in [7, 11) is 0. The van der Waals surface area contributed by atoms with Crippen molar-refractivity contribution in [3.63, 3.8) is 0 Å². The number of nitrogens with one attached hydrogen (secondary N) is 1. The molecule has 0 saturated heterocycles. The molecule has 2 aromatic carbocycles. The van der Waals surface area contributed by atoms with Gasteiger partial charge in [0.15, 0.2) is 0 Å². The fourth-order valence-electron chi connectivity index (χ4n) is 2.16. The summed E-state index contributed by atoms with van der Waals surface area (Å²) in [5.41, 5.74) is 2.69. The van der Waals surface area contributed by atoms with Crippen molar-refractivity contribution in [2.24, 2.45) is 0 Å². The summed E-state index contributed by atoms with van der Waals surface area (Å²) in [5, 5.41) is 3.41. The van der Waals surface area contributed by atoms with Crippen LogP contribution in [0.1, 0.15) is 29.7 Å². The zero-order chi connectivity index (χ0) is 14.7. The minimum Gasteiger partial charge on any atom is -0.307 e. The molecule has 0 bridgehead atoms. The molecular weight excluding hydrogens is 385 g/mol. The molecule has 2 rings (SSSR count). The van der Waals surface area contributed by atoms with E-state index in [9.17, 15) is 4.39 Å². The highest BCUT2D eigenvalue weighted by Gasteiger charge is 2.15. The van der Waals surface area contributed by atoms with E-state index in [2.05, 4.69) is 49.3 Å². The number of halogens is 3. The molecule has 1 atom stereocenters. The minimum atomic E-state index is -0.167. The van der Waals surface area contributed by atoms with Gasteiger partial charge < -0.3 is 5.32 Å². The van der Waals surface area contributed by atoms with E-state index in [1.54, 1.807) is 13.0 Å². The Morgan fingerprint density at radius 2 is 1.70 bits per heavy atom. The summed E-state index contributed by atoms with van der Waals surface area (Å²) >= 11 is 7.00. The Balaban J connectivity index is 2.46. The molecule has 0 radical (unpaired) electrons. The lowest BCUT2D eigenvalue weighted by Gasteiger charge is -2.20. The molecular formula is C16H16Br2FN. The van der Waals surface area contributed by atoms with Crippen LogP contribution in [-0.2, 0) is 0 Å². The molecule has 0 amide bonds.